The molecule has 0 unspecified atom stereocenters. The molecule has 0 radical (unpaired) electrons. The van der Waals surface area contributed by atoms with Gasteiger partial charge in [0.15, 0.2) is 0 Å². The standard InChI is InChI=1S/C28H35N.C2H3N.2C2H6/c1-16-18(3)22(7)27(23(8)19(16)4)29(26-14-12-11-13-15-26)28-24(9)20(5)17(2)21(6)25(28)10;1-2-3;2*1-2/h11-15H,1-10H3;1H3;2*1-2H3. The van der Waals surface area contributed by atoms with E-state index in [1.54, 1.807) is 6.07 Å². The minimum Gasteiger partial charge on any atom is -0.309 e. The topological polar surface area (TPSA) is 27.0 Å². The van der Waals surface area contributed by atoms with Crippen LogP contribution in [0, 0.1) is 80.6 Å². The molecule has 196 valence electrons. The zero-order valence-electron chi connectivity index (χ0n) is 25.8. The molecular weight excluding hydrogens is 436 g/mol. The minimum absolute atomic E-state index is 1.22. The molecule has 0 spiro atoms. The largest absolute Gasteiger partial charge is 0.309 e. The highest BCUT2D eigenvalue weighted by molar-refractivity contribution is 5.86. The third-order valence-corrected chi connectivity index (χ3v) is 7.38. The second kappa shape index (κ2) is 15.1. The van der Waals surface area contributed by atoms with Crippen LogP contribution in [0.4, 0.5) is 17.1 Å². The summed E-state index contributed by atoms with van der Waals surface area (Å²) in [5, 5.41) is 7.32. The highest BCUT2D eigenvalue weighted by atomic mass is 15.2. The lowest BCUT2D eigenvalue weighted by Gasteiger charge is -2.34. The number of nitriles is 1. The number of hydrogen-bond donors (Lipinski definition) is 0. The molecule has 0 saturated carbocycles. The molecule has 0 heterocycles. The SMILES string of the molecule is CC.CC.CC#N.Cc1c(C)c(C)c(N(c2ccccc2)c2c(C)c(C)c(C)c(C)c2C)c(C)c1C. The molecule has 0 aromatic heterocycles. The van der Waals surface area contributed by atoms with Crippen molar-refractivity contribution in [2.75, 3.05) is 4.90 Å². The maximum Gasteiger partial charge on any atom is 0.0587 e. The number of benzene rings is 3. The van der Waals surface area contributed by atoms with Gasteiger partial charge in [-0.2, -0.15) is 5.26 Å². The Balaban J connectivity index is 0.00000159. The Morgan fingerprint density at radius 1 is 0.472 bits per heavy atom. The summed E-state index contributed by atoms with van der Waals surface area (Å²) in [7, 11) is 0. The van der Waals surface area contributed by atoms with Gasteiger partial charge < -0.3 is 4.90 Å². The van der Waals surface area contributed by atoms with Gasteiger partial charge in [0.25, 0.3) is 0 Å². The van der Waals surface area contributed by atoms with Crippen LogP contribution in [0.15, 0.2) is 30.3 Å². The normalized spacial score (nSPS) is 9.50. The molecule has 0 aliphatic heterocycles. The fourth-order valence-corrected chi connectivity index (χ4v) is 4.58. The minimum atomic E-state index is 1.22. The smallest absolute Gasteiger partial charge is 0.0587 e. The molecule has 0 aliphatic rings. The van der Waals surface area contributed by atoms with E-state index in [0.29, 0.717) is 0 Å². The van der Waals surface area contributed by atoms with Crippen LogP contribution in [0.25, 0.3) is 0 Å². The third-order valence-electron chi connectivity index (χ3n) is 7.38. The Bertz CT molecular complexity index is 1050. The molecule has 0 atom stereocenters. The average Bonchev–Trinajstić information content (AvgIpc) is 2.91. The lowest BCUT2D eigenvalue weighted by molar-refractivity contribution is 1.09. The number of hydrogen-bond acceptors (Lipinski definition) is 2. The van der Waals surface area contributed by atoms with Crippen LogP contribution >= 0.6 is 0 Å². The van der Waals surface area contributed by atoms with Gasteiger partial charge in [-0.15, -0.1) is 0 Å². The lowest BCUT2D eigenvalue weighted by atomic mass is 9.89. The van der Waals surface area contributed by atoms with E-state index in [1.165, 1.54) is 79.6 Å². The van der Waals surface area contributed by atoms with Gasteiger partial charge in [0.05, 0.1) is 17.4 Å². The molecular formula is C34H50N2. The fraction of sp³-hybridized carbons (Fsp3) is 0.441. The Morgan fingerprint density at radius 2 is 0.694 bits per heavy atom. The highest BCUT2D eigenvalue weighted by Gasteiger charge is 2.25. The second-order valence-electron chi connectivity index (χ2n) is 8.84. The molecule has 2 nitrogen and oxygen atoms in total. The summed E-state index contributed by atoms with van der Waals surface area (Å²) >= 11 is 0. The zero-order chi connectivity index (χ0) is 28.3. The van der Waals surface area contributed by atoms with Crippen LogP contribution in [0.2, 0.25) is 0 Å². The summed E-state index contributed by atoms with van der Waals surface area (Å²) < 4.78 is 0. The summed E-state index contributed by atoms with van der Waals surface area (Å²) in [5.74, 6) is 0. The Morgan fingerprint density at radius 3 is 0.944 bits per heavy atom. The molecule has 0 aliphatic carbocycles. The van der Waals surface area contributed by atoms with E-state index >= 15 is 0 Å². The van der Waals surface area contributed by atoms with Crippen molar-refractivity contribution in [2.24, 2.45) is 0 Å². The van der Waals surface area contributed by atoms with E-state index in [1.807, 2.05) is 27.7 Å². The number of nitrogens with zero attached hydrogens (tertiary/aromatic N) is 2. The second-order valence-corrected chi connectivity index (χ2v) is 8.84. The van der Waals surface area contributed by atoms with Gasteiger partial charge in [0.1, 0.15) is 0 Å². The molecule has 0 N–H and O–H groups in total. The zero-order valence-corrected chi connectivity index (χ0v) is 25.8. The van der Waals surface area contributed by atoms with E-state index in [-0.39, 0.29) is 0 Å². The van der Waals surface area contributed by atoms with E-state index in [0.717, 1.165) is 0 Å². The Kier molecular flexibility index (Phi) is 13.9. The van der Waals surface area contributed by atoms with Crippen molar-refractivity contribution in [2.45, 2.75) is 104 Å². The van der Waals surface area contributed by atoms with E-state index in [4.69, 9.17) is 5.26 Å². The van der Waals surface area contributed by atoms with Gasteiger partial charge in [0.2, 0.25) is 0 Å². The van der Waals surface area contributed by atoms with Crippen molar-refractivity contribution in [3.8, 4) is 6.07 Å². The summed E-state index contributed by atoms with van der Waals surface area (Å²) in [4.78, 5) is 2.51. The first-order chi connectivity index (χ1) is 17.0. The first-order valence-corrected chi connectivity index (χ1v) is 13.3. The molecule has 2 heteroatoms. The molecule has 0 amide bonds. The number of anilines is 3. The molecule has 0 bridgehead atoms. The van der Waals surface area contributed by atoms with Crippen molar-refractivity contribution in [3.63, 3.8) is 0 Å². The van der Waals surface area contributed by atoms with E-state index in [9.17, 15) is 0 Å². The van der Waals surface area contributed by atoms with E-state index in [2.05, 4.69) is 104 Å². The molecule has 0 saturated heterocycles. The van der Waals surface area contributed by atoms with Crippen molar-refractivity contribution < 1.29 is 0 Å². The summed E-state index contributed by atoms with van der Waals surface area (Å²) in [6.45, 7) is 32.1. The van der Waals surface area contributed by atoms with Crippen LogP contribution < -0.4 is 4.90 Å². The van der Waals surface area contributed by atoms with Crippen molar-refractivity contribution in [1.29, 1.82) is 5.26 Å². The number of rotatable bonds is 3. The quantitative estimate of drug-likeness (QED) is 0.368. The van der Waals surface area contributed by atoms with Crippen molar-refractivity contribution in [1.82, 2.24) is 0 Å². The maximum absolute atomic E-state index is 7.32. The van der Waals surface area contributed by atoms with Gasteiger partial charge in [0, 0.05) is 12.6 Å². The molecule has 0 fully saturated rings. The first-order valence-electron chi connectivity index (χ1n) is 13.3. The third kappa shape index (κ3) is 6.58. The summed E-state index contributed by atoms with van der Waals surface area (Å²) in [5.41, 5.74) is 17.7. The van der Waals surface area contributed by atoms with Gasteiger partial charge in [-0.3, -0.25) is 0 Å². The van der Waals surface area contributed by atoms with E-state index < -0.39 is 0 Å². The summed E-state index contributed by atoms with van der Waals surface area (Å²) in [6.07, 6.45) is 0. The van der Waals surface area contributed by atoms with Crippen molar-refractivity contribution >= 4 is 17.1 Å². The Hall–Kier alpha value is -3.05. The van der Waals surface area contributed by atoms with Crippen LogP contribution in [0.1, 0.15) is 90.3 Å². The summed E-state index contributed by atoms with van der Waals surface area (Å²) in [6, 6.07) is 12.6. The van der Waals surface area contributed by atoms with Crippen molar-refractivity contribution in [3.05, 3.63) is 86.0 Å². The Labute approximate surface area is 223 Å². The van der Waals surface area contributed by atoms with Gasteiger partial charge >= 0.3 is 0 Å². The highest BCUT2D eigenvalue weighted by Crippen LogP contribution is 2.46. The predicted molar refractivity (Wildman–Crippen MR) is 162 cm³/mol. The van der Waals surface area contributed by atoms with Gasteiger partial charge in [-0.1, -0.05) is 45.9 Å². The van der Waals surface area contributed by atoms with Crippen LogP contribution in [0.5, 0.6) is 0 Å². The van der Waals surface area contributed by atoms with Gasteiger partial charge in [-0.05, 0) is 137 Å². The molecule has 3 aromatic carbocycles. The fourth-order valence-electron chi connectivity index (χ4n) is 4.58. The number of para-hydroxylation sites is 1. The monoisotopic (exact) mass is 486 g/mol. The molecule has 3 rings (SSSR count). The maximum atomic E-state index is 7.32. The van der Waals surface area contributed by atoms with Crippen LogP contribution in [-0.4, -0.2) is 0 Å². The molecule has 36 heavy (non-hydrogen) atoms. The molecule has 3 aromatic rings. The average molecular weight is 487 g/mol. The van der Waals surface area contributed by atoms with Crippen LogP contribution in [-0.2, 0) is 0 Å². The first kappa shape index (κ1) is 33.0. The van der Waals surface area contributed by atoms with Crippen LogP contribution in [0.3, 0.4) is 0 Å². The predicted octanol–water partition coefficient (Wildman–Crippen LogP) is 10.8. The van der Waals surface area contributed by atoms with Gasteiger partial charge in [-0.25, -0.2) is 0 Å². The lowest BCUT2D eigenvalue weighted by Crippen LogP contribution is -2.18.